The van der Waals surface area contributed by atoms with E-state index in [4.69, 9.17) is 14.8 Å². The molecule has 0 bridgehead atoms. The quantitative estimate of drug-likeness (QED) is 0.498. The minimum absolute atomic E-state index is 0.0734. The molecule has 2 aromatic rings. The molecule has 8 nitrogen and oxygen atoms in total. The van der Waals surface area contributed by atoms with E-state index in [1.807, 2.05) is 41.0 Å². The van der Waals surface area contributed by atoms with Crippen molar-refractivity contribution >= 4 is 34.6 Å². The average Bonchev–Trinajstić information content (AvgIpc) is 3.55. The number of nitrogens with zero attached hydrogens (tertiary/aromatic N) is 3. The van der Waals surface area contributed by atoms with Crippen LogP contribution in [0.25, 0.3) is 11.1 Å². The van der Waals surface area contributed by atoms with E-state index in [-0.39, 0.29) is 19.1 Å². The Hall–Kier alpha value is -2.98. The molecule has 4 heterocycles. The number of rotatable bonds is 9. The predicted octanol–water partition coefficient (Wildman–Crippen LogP) is 2.95. The zero-order valence-electron chi connectivity index (χ0n) is 19.7. The third kappa shape index (κ3) is 5.65. The molecule has 0 spiro atoms. The van der Waals surface area contributed by atoms with Crippen LogP contribution in [0.2, 0.25) is 0 Å². The molecular weight excluding hydrogens is 462 g/mol. The van der Waals surface area contributed by atoms with Crippen LogP contribution in [-0.4, -0.2) is 73.1 Å². The van der Waals surface area contributed by atoms with Gasteiger partial charge in [0.05, 0.1) is 11.5 Å². The van der Waals surface area contributed by atoms with Crippen LogP contribution in [0.4, 0.5) is 0 Å². The summed E-state index contributed by atoms with van der Waals surface area (Å²) in [5.41, 5.74) is 7.47. The summed E-state index contributed by atoms with van der Waals surface area (Å²) in [5.74, 6) is 1.56. The highest BCUT2D eigenvalue weighted by Crippen LogP contribution is 2.32. The molecule has 1 fully saturated rings. The van der Waals surface area contributed by atoms with E-state index in [2.05, 4.69) is 27.8 Å². The molecule has 1 aromatic heterocycles. The number of aliphatic imine (C=N–C) groups is 1. The summed E-state index contributed by atoms with van der Waals surface area (Å²) in [6.45, 7) is 4.88. The Bertz CT molecular complexity index is 1130. The number of allylic oxidation sites excluding steroid dienone is 1. The maximum Gasteiger partial charge on any atom is 0.261 e. The van der Waals surface area contributed by atoms with Crippen LogP contribution in [0, 0.1) is 0 Å². The van der Waals surface area contributed by atoms with Crippen LogP contribution in [0.1, 0.15) is 40.1 Å². The number of aliphatic hydroxyl groups excluding tert-OH is 1. The van der Waals surface area contributed by atoms with Crippen LogP contribution in [-0.2, 0) is 0 Å². The highest BCUT2D eigenvalue weighted by Gasteiger charge is 2.25. The smallest absolute Gasteiger partial charge is 0.261 e. The number of carbonyl (C=O) groups is 1. The second kappa shape index (κ2) is 11.2. The Balaban J connectivity index is 1.20. The van der Waals surface area contributed by atoms with Crippen molar-refractivity contribution in [3.8, 4) is 5.75 Å². The normalized spacial score (nSPS) is 18.0. The number of aliphatic hydroxyl groups is 1. The van der Waals surface area contributed by atoms with Crippen molar-refractivity contribution in [2.45, 2.75) is 19.3 Å². The highest BCUT2D eigenvalue weighted by molar-refractivity contribution is 7.12. The van der Waals surface area contributed by atoms with E-state index in [1.54, 1.807) is 0 Å². The number of hydrogen-bond acceptors (Lipinski definition) is 8. The first kappa shape index (κ1) is 23.7. The highest BCUT2D eigenvalue weighted by atomic mass is 32.1. The SMILES string of the molecule is O=C(NCCO)c1cc(C2=C3N=CC(c4ccc(OCCN5CCCCC5)cc4)=CN3NC2)cs1. The molecule has 5 rings (SSSR count). The monoisotopic (exact) mass is 493 g/mol. The van der Waals surface area contributed by atoms with Crippen LogP contribution >= 0.6 is 11.3 Å². The summed E-state index contributed by atoms with van der Waals surface area (Å²) in [6.07, 6.45) is 7.87. The van der Waals surface area contributed by atoms with Crippen molar-refractivity contribution in [1.29, 1.82) is 0 Å². The fourth-order valence-corrected chi connectivity index (χ4v) is 5.32. The summed E-state index contributed by atoms with van der Waals surface area (Å²) in [4.78, 5) is 20.0. The number of nitrogens with one attached hydrogen (secondary N) is 2. The summed E-state index contributed by atoms with van der Waals surface area (Å²) in [7, 11) is 0. The molecule has 3 aliphatic heterocycles. The van der Waals surface area contributed by atoms with E-state index in [1.165, 1.54) is 43.7 Å². The molecule has 1 aromatic carbocycles. The van der Waals surface area contributed by atoms with Crippen LogP contribution in [0.5, 0.6) is 5.75 Å². The van der Waals surface area contributed by atoms with Gasteiger partial charge in [0.1, 0.15) is 12.4 Å². The van der Waals surface area contributed by atoms with Crippen LogP contribution < -0.4 is 15.5 Å². The van der Waals surface area contributed by atoms with Gasteiger partial charge in [0.15, 0.2) is 5.82 Å². The van der Waals surface area contributed by atoms with Gasteiger partial charge in [-0.3, -0.25) is 14.7 Å². The Kier molecular flexibility index (Phi) is 7.58. The van der Waals surface area contributed by atoms with Crippen molar-refractivity contribution in [2.75, 3.05) is 45.9 Å². The van der Waals surface area contributed by atoms with Gasteiger partial charge in [-0.25, -0.2) is 10.4 Å². The minimum Gasteiger partial charge on any atom is -0.492 e. The second-order valence-electron chi connectivity index (χ2n) is 8.80. The number of likely N-dealkylation sites (tertiary alicyclic amines) is 1. The van der Waals surface area contributed by atoms with Gasteiger partial charge in [0, 0.05) is 43.2 Å². The molecule has 3 aliphatic rings. The second-order valence-corrected chi connectivity index (χ2v) is 9.72. The first-order valence-electron chi connectivity index (χ1n) is 12.2. The molecule has 1 saturated heterocycles. The molecule has 35 heavy (non-hydrogen) atoms. The summed E-state index contributed by atoms with van der Waals surface area (Å²) < 4.78 is 5.96. The van der Waals surface area contributed by atoms with Gasteiger partial charge in [0.2, 0.25) is 0 Å². The first-order chi connectivity index (χ1) is 17.2. The molecule has 0 radical (unpaired) electrons. The van der Waals surface area contributed by atoms with Gasteiger partial charge in [-0.2, -0.15) is 0 Å². The molecule has 0 aliphatic carbocycles. The number of benzene rings is 1. The zero-order chi connectivity index (χ0) is 24.0. The number of fused-ring (bicyclic) bond motifs is 1. The molecule has 0 atom stereocenters. The molecular formula is C26H31N5O3S. The number of carbonyl (C=O) groups excluding carboxylic acids is 1. The molecule has 0 unspecified atom stereocenters. The Labute approximate surface area is 209 Å². The maximum atomic E-state index is 12.2. The van der Waals surface area contributed by atoms with Crippen molar-refractivity contribution in [1.82, 2.24) is 20.7 Å². The van der Waals surface area contributed by atoms with Gasteiger partial charge >= 0.3 is 0 Å². The predicted molar refractivity (Wildman–Crippen MR) is 139 cm³/mol. The Morgan fingerprint density at radius 3 is 2.80 bits per heavy atom. The van der Waals surface area contributed by atoms with E-state index in [0.29, 0.717) is 18.0 Å². The van der Waals surface area contributed by atoms with Gasteiger partial charge in [0.25, 0.3) is 5.91 Å². The zero-order valence-corrected chi connectivity index (χ0v) is 20.5. The lowest BCUT2D eigenvalue weighted by atomic mass is 10.1. The number of hydrazine groups is 1. The Morgan fingerprint density at radius 1 is 1.17 bits per heavy atom. The van der Waals surface area contributed by atoms with E-state index in [9.17, 15) is 4.79 Å². The molecule has 184 valence electrons. The van der Waals surface area contributed by atoms with Crippen molar-refractivity contribution in [2.24, 2.45) is 4.99 Å². The lowest BCUT2D eigenvalue weighted by Crippen LogP contribution is -2.33. The lowest BCUT2D eigenvalue weighted by Gasteiger charge is -2.26. The summed E-state index contributed by atoms with van der Waals surface area (Å²) in [6, 6.07) is 10.0. The van der Waals surface area contributed by atoms with E-state index < -0.39 is 0 Å². The number of thiophene rings is 1. The van der Waals surface area contributed by atoms with Crippen molar-refractivity contribution in [3.05, 3.63) is 63.7 Å². The Morgan fingerprint density at radius 2 is 2.00 bits per heavy atom. The van der Waals surface area contributed by atoms with E-state index >= 15 is 0 Å². The fraction of sp³-hybridized carbons (Fsp3) is 0.385. The summed E-state index contributed by atoms with van der Waals surface area (Å²) in [5, 5.41) is 15.5. The number of amides is 1. The molecule has 3 N–H and O–H groups in total. The standard InChI is InChI=1S/C26H31N5O3S/c32-12-8-27-26(33)24-14-20(18-35-24)23-16-29-31-17-21(15-28-25(23)31)19-4-6-22(7-5-19)34-13-11-30-9-2-1-3-10-30/h4-7,14-15,17-18,29,32H,1-3,8-13,16H2,(H,27,33). The lowest BCUT2D eigenvalue weighted by molar-refractivity contribution is 0.0949. The van der Waals surface area contributed by atoms with Crippen molar-refractivity contribution < 1.29 is 14.6 Å². The average molecular weight is 494 g/mol. The fourth-order valence-electron chi connectivity index (χ4n) is 4.48. The van der Waals surface area contributed by atoms with Crippen molar-refractivity contribution in [3.63, 3.8) is 0 Å². The van der Waals surface area contributed by atoms with Gasteiger partial charge in [-0.05, 0) is 60.6 Å². The first-order valence-corrected chi connectivity index (χ1v) is 13.0. The van der Waals surface area contributed by atoms with Gasteiger partial charge in [-0.1, -0.05) is 18.6 Å². The largest absolute Gasteiger partial charge is 0.492 e. The molecule has 0 saturated carbocycles. The third-order valence-electron chi connectivity index (χ3n) is 6.40. The van der Waals surface area contributed by atoms with Gasteiger partial charge in [-0.15, -0.1) is 11.3 Å². The van der Waals surface area contributed by atoms with E-state index in [0.717, 1.165) is 40.4 Å². The van der Waals surface area contributed by atoms with Gasteiger partial charge < -0.3 is 15.2 Å². The summed E-state index contributed by atoms with van der Waals surface area (Å²) >= 11 is 1.39. The minimum atomic E-state index is -0.169. The molecule has 9 heteroatoms. The number of hydrogen-bond donors (Lipinski definition) is 3. The number of piperidine rings is 1. The van der Waals surface area contributed by atoms with Crippen LogP contribution in [0.3, 0.4) is 0 Å². The maximum absolute atomic E-state index is 12.2. The topological polar surface area (TPSA) is 89.4 Å². The molecule has 1 amide bonds. The third-order valence-corrected chi connectivity index (χ3v) is 7.33. The number of ether oxygens (including phenoxy) is 1. The van der Waals surface area contributed by atoms with Crippen LogP contribution in [0.15, 0.2) is 52.7 Å².